The summed E-state index contributed by atoms with van der Waals surface area (Å²) in [4.78, 5) is 46.6. The first-order valence-corrected chi connectivity index (χ1v) is 10.7. The number of nitrogens with one attached hydrogen (secondary N) is 2. The third-order valence-corrected chi connectivity index (χ3v) is 6.06. The van der Waals surface area contributed by atoms with Crippen LogP contribution in [0.1, 0.15) is 32.8 Å². The summed E-state index contributed by atoms with van der Waals surface area (Å²) in [7, 11) is 0. The van der Waals surface area contributed by atoms with Crippen molar-refractivity contribution in [2.45, 2.75) is 13.3 Å². The lowest BCUT2D eigenvalue weighted by Gasteiger charge is -2.34. The summed E-state index contributed by atoms with van der Waals surface area (Å²) in [6.45, 7) is 5.37. The second-order valence-electron chi connectivity index (χ2n) is 8.31. The number of hydrogen-bond donors (Lipinski definition) is 2. The Morgan fingerprint density at radius 1 is 0.969 bits per heavy atom. The molecule has 0 aliphatic carbocycles. The summed E-state index contributed by atoms with van der Waals surface area (Å²) < 4.78 is 5.04. The number of rotatable bonds is 5. The molecule has 4 aromatic rings. The van der Waals surface area contributed by atoms with Crippen LogP contribution in [0.5, 0.6) is 0 Å². The van der Waals surface area contributed by atoms with E-state index >= 15 is 0 Å². The number of piperazine rings is 1. The van der Waals surface area contributed by atoms with Gasteiger partial charge < -0.3 is 14.3 Å². The number of benzene rings is 2. The Labute approximate surface area is 183 Å². The van der Waals surface area contributed by atoms with E-state index < -0.39 is 5.76 Å². The number of carbonyl (C=O) groups is 2. The molecule has 2 aromatic heterocycles. The summed E-state index contributed by atoms with van der Waals surface area (Å²) in [5.41, 5.74) is 4.24. The van der Waals surface area contributed by atoms with E-state index in [4.69, 9.17) is 4.42 Å². The predicted octanol–water partition coefficient (Wildman–Crippen LogP) is 2.94. The maximum atomic E-state index is 12.9. The first-order valence-electron chi connectivity index (χ1n) is 10.7. The minimum Gasteiger partial charge on any atom is -0.408 e. The first kappa shape index (κ1) is 20.3. The van der Waals surface area contributed by atoms with Crippen molar-refractivity contribution < 1.29 is 14.0 Å². The number of fused-ring (bicyclic) bond motifs is 2. The topological polar surface area (TPSA) is 102 Å². The fraction of sp³-hybridized carbons (Fsp3) is 0.292. The second kappa shape index (κ2) is 8.12. The maximum Gasteiger partial charge on any atom is 0.417 e. The molecule has 8 nitrogen and oxygen atoms in total. The normalized spacial score (nSPS) is 15.0. The molecule has 0 bridgehead atoms. The van der Waals surface area contributed by atoms with Gasteiger partial charge in [0.25, 0.3) is 5.91 Å². The smallest absolute Gasteiger partial charge is 0.408 e. The van der Waals surface area contributed by atoms with Crippen LogP contribution in [0.4, 0.5) is 0 Å². The molecular formula is C24H24N4O4. The van der Waals surface area contributed by atoms with Crippen LogP contribution in [-0.2, 0) is 0 Å². The molecule has 0 unspecified atom stereocenters. The number of nitrogens with zero attached hydrogens (tertiary/aromatic N) is 2. The number of Topliss-reactive ketones (excluding diaryl/α,β-unsaturated/α-hetero) is 1. The van der Waals surface area contributed by atoms with Gasteiger partial charge >= 0.3 is 5.76 Å². The van der Waals surface area contributed by atoms with E-state index in [9.17, 15) is 14.4 Å². The average molecular weight is 432 g/mol. The molecule has 0 atom stereocenters. The van der Waals surface area contributed by atoms with Crippen molar-refractivity contribution >= 4 is 33.7 Å². The van der Waals surface area contributed by atoms with Crippen molar-refractivity contribution in [2.75, 3.05) is 32.7 Å². The highest BCUT2D eigenvalue weighted by Gasteiger charge is 2.23. The van der Waals surface area contributed by atoms with Gasteiger partial charge in [0, 0.05) is 55.6 Å². The summed E-state index contributed by atoms with van der Waals surface area (Å²) in [6.07, 6.45) is 0.371. The molecule has 1 amide bonds. The first-order chi connectivity index (χ1) is 15.5. The molecule has 0 radical (unpaired) electrons. The number of aryl methyl sites for hydroxylation is 1. The predicted molar refractivity (Wildman–Crippen MR) is 121 cm³/mol. The van der Waals surface area contributed by atoms with Crippen LogP contribution in [-0.4, -0.2) is 64.2 Å². The van der Waals surface area contributed by atoms with Crippen LogP contribution in [0.25, 0.3) is 22.0 Å². The van der Waals surface area contributed by atoms with Crippen molar-refractivity contribution in [3.63, 3.8) is 0 Å². The van der Waals surface area contributed by atoms with Crippen LogP contribution < -0.4 is 5.76 Å². The Hall–Kier alpha value is -3.65. The Kier molecular flexibility index (Phi) is 5.14. The van der Waals surface area contributed by atoms with Gasteiger partial charge in [0.05, 0.1) is 5.52 Å². The molecule has 5 rings (SSSR count). The SMILES string of the molecule is Cc1ccc2[nH]c(C(=O)N3CCN(CCC(=O)c4ccc5[nH]c(=O)oc5c4)CC3)cc2c1. The van der Waals surface area contributed by atoms with Gasteiger partial charge in [-0.25, -0.2) is 4.79 Å². The molecule has 0 saturated carbocycles. The molecule has 3 heterocycles. The monoisotopic (exact) mass is 432 g/mol. The van der Waals surface area contributed by atoms with Gasteiger partial charge in [0.1, 0.15) is 5.69 Å². The van der Waals surface area contributed by atoms with Gasteiger partial charge in [-0.15, -0.1) is 0 Å². The molecule has 2 aromatic carbocycles. The summed E-state index contributed by atoms with van der Waals surface area (Å²) in [6, 6.07) is 13.0. The maximum absolute atomic E-state index is 12.9. The van der Waals surface area contributed by atoms with Crippen molar-refractivity contribution in [3.05, 3.63) is 69.8 Å². The molecular weight excluding hydrogens is 408 g/mol. The zero-order valence-corrected chi connectivity index (χ0v) is 17.8. The van der Waals surface area contributed by atoms with Gasteiger partial charge in [-0.3, -0.25) is 19.5 Å². The molecule has 2 N–H and O–H groups in total. The van der Waals surface area contributed by atoms with Gasteiger partial charge in [-0.1, -0.05) is 11.6 Å². The number of H-pyrrole nitrogens is 2. The van der Waals surface area contributed by atoms with Crippen LogP contribution in [0.2, 0.25) is 0 Å². The molecule has 8 heteroatoms. The average Bonchev–Trinajstić information content (AvgIpc) is 3.38. The number of oxazole rings is 1. The zero-order chi connectivity index (χ0) is 22.2. The lowest BCUT2D eigenvalue weighted by molar-refractivity contribution is 0.0624. The Morgan fingerprint density at radius 3 is 2.56 bits per heavy atom. The van der Waals surface area contributed by atoms with Crippen molar-refractivity contribution in [2.24, 2.45) is 0 Å². The van der Waals surface area contributed by atoms with Gasteiger partial charge in [-0.05, 0) is 43.3 Å². The summed E-state index contributed by atoms with van der Waals surface area (Å²) in [5.74, 6) is -0.516. The van der Waals surface area contributed by atoms with E-state index in [0.717, 1.165) is 29.6 Å². The minimum absolute atomic E-state index is 0.00243. The van der Waals surface area contributed by atoms with Crippen molar-refractivity contribution in [1.82, 2.24) is 19.8 Å². The zero-order valence-electron chi connectivity index (χ0n) is 17.8. The van der Waals surface area contributed by atoms with E-state index in [0.29, 0.717) is 48.4 Å². The molecule has 164 valence electrons. The number of hydrogen-bond acceptors (Lipinski definition) is 5. The van der Waals surface area contributed by atoms with Crippen LogP contribution in [0.15, 0.2) is 51.7 Å². The van der Waals surface area contributed by atoms with Gasteiger partial charge in [0.2, 0.25) is 0 Å². The van der Waals surface area contributed by atoms with E-state index in [-0.39, 0.29) is 11.7 Å². The highest BCUT2D eigenvalue weighted by atomic mass is 16.4. The lowest BCUT2D eigenvalue weighted by Crippen LogP contribution is -2.49. The standard InChI is InChI=1S/C24H24N4O4/c1-15-2-4-18-17(12-15)13-20(25-18)23(30)28-10-8-27(9-11-28)7-6-21(29)16-3-5-19-22(14-16)32-24(31)26-19/h2-5,12-14,25H,6-11H2,1H3,(H,26,31). The fourth-order valence-electron chi connectivity index (χ4n) is 4.24. The Balaban J connectivity index is 1.15. The van der Waals surface area contributed by atoms with Crippen molar-refractivity contribution in [3.8, 4) is 0 Å². The summed E-state index contributed by atoms with van der Waals surface area (Å²) in [5, 5.41) is 1.04. The van der Waals surface area contributed by atoms with E-state index in [1.807, 2.05) is 30.0 Å². The number of amides is 1. The molecule has 32 heavy (non-hydrogen) atoms. The number of aromatic amines is 2. The van der Waals surface area contributed by atoms with E-state index in [1.165, 1.54) is 0 Å². The molecule has 1 aliphatic heterocycles. The molecule has 1 aliphatic rings. The number of ketones is 1. The molecule has 1 fully saturated rings. The van der Waals surface area contributed by atoms with Gasteiger partial charge in [0.15, 0.2) is 11.4 Å². The highest BCUT2D eigenvalue weighted by molar-refractivity contribution is 5.99. The highest BCUT2D eigenvalue weighted by Crippen LogP contribution is 2.19. The quantitative estimate of drug-likeness (QED) is 0.472. The van der Waals surface area contributed by atoms with Crippen LogP contribution in [0, 0.1) is 6.92 Å². The third kappa shape index (κ3) is 3.97. The van der Waals surface area contributed by atoms with Gasteiger partial charge in [-0.2, -0.15) is 0 Å². The minimum atomic E-state index is -0.528. The molecule has 0 spiro atoms. The van der Waals surface area contributed by atoms with Crippen molar-refractivity contribution in [1.29, 1.82) is 0 Å². The third-order valence-electron chi connectivity index (χ3n) is 6.06. The fourth-order valence-corrected chi connectivity index (χ4v) is 4.24. The van der Waals surface area contributed by atoms with E-state index in [1.54, 1.807) is 18.2 Å². The van der Waals surface area contributed by atoms with Crippen LogP contribution in [0.3, 0.4) is 0 Å². The Morgan fingerprint density at radius 2 is 1.75 bits per heavy atom. The number of aromatic nitrogens is 2. The number of carbonyl (C=O) groups excluding carboxylic acids is 2. The van der Waals surface area contributed by atoms with Crippen LogP contribution >= 0.6 is 0 Å². The largest absolute Gasteiger partial charge is 0.417 e. The lowest BCUT2D eigenvalue weighted by atomic mass is 10.1. The van der Waals surface area contributed by atoms with E-state index in [2.05, 4.69) is 20.9 Å². The molecule has 1 saturated heterocycles. The Bertz CT molecular complexity index is 1370. The second-order valence-corrected chi connectivity index (χ2v) is 8.31. The summed E-state index contributed by atoms with van der Waals surface area (Å²) >= 11 is 0.